The third kappa shape index (κ3) is 5.28. The van der Waals surface area contributed by atoms with Crippen molar-refractivity contribution in [1.29, 1.82) is 0 Å². The number of carbonyl (C=O) groups is 1. The lowest BCUT2D eigenvalue weighted by Crippen LogP contribution is -2.41. The van der Waals surface area contributed by atoms with Crippen LogP contribution in [0.3, 0.4) is 0 Å². The van der Waals surface area contributed by atoms with Crippen molar-refractivity contribution >= 4 is 15.9 Å². The molecule has 1 aliphatic heterocycles. The Morgan fingerprint density at radius 2 is 1.67 bits per heavy atom. The van der Waals surface area contributed by atoms with Crippen LogP contribution in [-0.2, 0) is 14.8 Å². The number of likely N-dealkylation sites (N-methyl/N-ethyl adjacent to an activating group) is 1. The molecule has 1 amide bonds. The third-order valence-corrected chi connectivity index (χ3v) is 7.73. The zero-order valence-corrected chi connectivity index (χ0v) is 18.8. The van der Waals surface area contributed by atoms with Gasteiger partial charge in [-0.15, -0.1) is 0 Å². The summed E-state index contributed by atoms with van der Waals surface area (Å²) in [6, 6.07) is 16.9. The smallest absolute Gasteiger partial charge is 0.243 e. The third-order valence-electron chi connectivity index (χ3n) is 5.82. The highest BCUT2D eigenvalue weighted by molar-refractivity contribution is 7.89. The van der Waals surface area contributed by atoms with E-state index < -0.39 is 10.0 Å². The molecule has 162 valence electrons. The Hall–Kier alpha value is -2.22. The summed E-state index contributed by atoms with van der Waals surface area (Å²) < 4.78 is 27.5. The first kappa shape index (κ1) is 22.5. The zero-order valence-electron chi connectivity index (χ0n) is 18.0. The predicted molar refractivity (Wildman–Crippen MR) is 119 cm³/mol. The lowest BCUT2D eigenvalue weighted by Gasteiger charge is -2.28. The summed E-state index contributed by atoms with van der Waals surface area (Å²) in [6.45, 7) is 6.37. The van der Waals surface area contributed by atoms with E-state index in [-0.39, 0.29) is 11.9 Å². The summed E-state index contributed by atoms with van der Waals surface area (Å²) in [7, 11) is -1.68. The van der Waals surface area contributed by atoms with E-state index >= 15 is 0 Å². The van der Waals surface area contributed by atoms with E-state index in [0.717, 1.165) is 11.1 Å². The normalized spacial score (nSPS) is 17.3. The molecule has 1 atom stereocenters. The minimum Gasteiger partial charge on any atom is -0.338 e. The summed E-state index contributed by atoms with van der Waals surface area (Å²) >= 11 is 0. The van der Waals surface area contributed by atoms with E-state index in [1.165, 1.54) is 0 Å². The molecule has 0 saturated carbocycles. The fourth-order valence-corrected chi connectivity index (χ4v) is 5.15. The zero-order chi connectivity index (χ0) is 21.7. The van der Waals surface area contributed by atoms with Crippen LogP contribution in [0.5, 0.6) is 0 Å². The Labute approximate surface area is 180 Å². The molecule has 0 radical (unpaired) electrons. The Balaban J connectivity index is 1.59. The first-order valence-corrected chi connectivity index (χ1v) is 11.8. The maximum atomic E-state index is 13.0. The van der Waals surface area contributed by atoms with Crippen LogP contribution in [0.1, 0.15) is 30.5 Å². The Bertz CT molecular complexity index is 945. The van der Waals surface area contributed by atoms with Gasteiger partial charge < -0.3 is 4.90 Å². The van der Waals surface area contributed by atoms with Gasteiger partial charge in [0.1, 0.15) is 0 Å². The molecule has 0 aromatic heterocycles. The lowest BCUT2D eigenvalue weighted by molar-refractivity contribution is -0.133. The van der Waals surface area contributed by atoms with Crippen molar-refractivity contribution in [2.75, 3.05) is 39.8 Å². The second kappa shape index (κ2) is 9.73. The molecule has 0 bridgehead atoms. The van der Waals surface area contributed by atoms with Gasteiger partial charge in [0.15, 0.2) is 0 Å². The van der Waals surface area contributed by atoms with Crippen molar-refractivity contribution in [1.82, 2.24) is 14.1 Å². The van der Waals surface area contributed by atoms with Crippen LogP contribution in [0.25, 0.3) is 0 Å². The largest absolute Gasteiger partial charge is 0.338 e. The number of aryl methyl sites for hydroxylation is 1. The minimum atomic E-state index is -3.51. The van der Waals surface area contributed by atoms with Crippen molar-refractivity contribution in [2.24, 2.45) is 0 Å². The van der Waals surface area contributed by atoms with E-state index in [0.29, 0.717) is 44.0 Å². The van der Waals surface area contributed by atoms with Gasteiger partial charge in [-0.1, -0.05) is 48.0 Å². The van der Waals surface area contributed by atoms with Gasteiger partial charge in [0.05, 0.1) is 17.5 Å². The SMILES string of the molecule is Cc1ccc(S(=O)(=O)N2CCCN(CC(=O)N(C)[C@H](C)c3ccccc3)CC2)cc1. The monoisotopic (exact) mass is 429 g/mol. The van der Waals surface area contributed by atoms with E-state index in [9.17, 15) is 13.2 Å². The van der Waals surface area contributed by atoms with Gasteiger partial charge >= 0.3 is 0 Å². The van der Waals surface area contributed by atoms with Crippen molar-refractivity contribution in [3.05, 3.63) is 65.7 Å². The van der Waals surface area contributed by atoms with E-state index in [2.05, 4.69) is 4.90 Å². The Kier molecular flexibility index (Phi) is 7.28. The summed E-state index contributed by atoms with van der Waals surface area (Å²) in [5.74, 6) is 0.0428. The van der Waals surface area contributed by atoms with Crippen LogP contribution in [0.15, 0.2) is 59.5 Å². The van der Waals surface area contributed by atoms with Gasteiger partial charge in [-0.2, -0.15) is 4.31 Å². The molecule has 0 N–H and O–H groups in total. The summed E-state index contributed by atoms with van der Waals surface area (Å²) in [6.07, 6.45) is 0.705. The molecule has 1 heterocycles. The number of hydrogen-bond donors (Lipinski definition) is 0. The molecule has 0 unspecified atom stereocenters. The Morgan fingerprint density at radius 1 is 1.00 bits per heavy atom. The van der Waals surface area contributed by atoms with Crippen molar-refractivity contribution in [3.63, 3.8) is 0 Å². The van der Waals surface area contributed by atoms with Crippen LogP contribution in [0, 0.1) is 6.92 Å². The van der Waals surface area contributed by atoms with Gasteiger partial charge in [0.2, 0.25) is 15.9 Å². The number of rotatable bonds is 6. The second-order valence-corrected chi connectivity index (χ2v) is 9.88. The highest BCUT2D eigenvalue weighted by Gasteiger charge is 2.28. The van der Waals surface area contributed by atoms with Crippen LogP contribution in [0.2, 0.25) is 0 Å². The fraction of sp³-hybridized carbons (Fsp3) is 0.435. The summed E-state index contributed by atoms with van der Waals surface area (Å²) in [5, 5.41) is 0. The molecule has 2 aromatic carbocycles. The maximum Gasteiger partial charge on any atom is 0.243 e. The Morgan fingerprint density at radius 3 is 2.33 bits per heavy atom. The molecule has 0 aliphatic carbocycles. The van der Waals surface area contributed by atoms with E-state index in [1.54, 1.807) is 21.3 Å². The molecular weight excluding hydrogens is 398 g/mol. The highest BCUT2D eigenvalue weighted by Crippen LogP contribution is 2.20. The van der Waals surface area contributed by atoms with Gasteiger partial charge in [0.25, 0.3) is 0 Å². The second-order valence-electron chi connectivity index (χ2n) is 7.94. The number of benzene rings is 2. The van der Waals surface area contributed by atoms with Gasteiger partial charge in [0, 0.05) is 26.7 Å². The van der Waals surface area contributed by atoms with Crippen molar-refractivity contribution in [2.45, 2.75) is 31.2 Å². The summed E-state index contributed by atoms with van der Waals surface area (Å²) in [4.78, 5) is 17.0. The quantitative estimate of drug-likeness (QED) is 0.708. The molecule has 1 fully saturated rings. The molecule has 7 heteroatoms. The van der Waals surface area contributed by atoms with E-state index in [1.807, 2.05) is 63.4 Å². The van der Waals surface area contributed by atoms with Gasteiger partial charge in [-0.25, -0.2) is 8.42 Å². The number of amides is 1. The van der Waals surface area contributed by atoms with Gasteiger partial charge in [-0.05, 0) is 44.5 Å². The topological polar surface area (TPSA) is 60.9 Å². The molecule has 1 saturated heterocycles. The average Bonchev–Trinajstić information content (AvgIpc) is 2.99. The van der Waals surface area contributed by atoms with E-state index in [4.69, 9.17) is 0 Å². The first-order valence-electron chi connectivity index (χ1n) is 10.4. The molecule has 30 heavy (non-hydrogen) atoms. The maximum absolute atomic E-state index is 13.0. The lowest BCUT2D eigenvalue weighted by atomic mass is 10.1. The van der Waals surface area contributed by atoms with Crippen LogP contribution in [0.4, 0.5) is 0 Å². The molecule has 2 aromatic rings. The van der Waals surface area contributed by atoms with Gasteiger partial charge in [-0.3, -0.25) is 9.69 Å². The van der Waals surface area contributed by atoms with Crippen LogP contribution in [-0.4, -0.2) is 68.2 Å². The molecule has 0 spiro atoms. The molecular formula is C23H31N3O3S. The van der Waals surface area contributed by atoms with Crippen molar-refractivity contribution in [3.8, 4) is 0 Å². The molecule has 6 nitrogen and oxygen atoms in total. The molecule has 1 aliphatic rings. The van der Waals surface area contributed by atoms with Crippen LogP contribution < -0.4 is 0 Å². The standard InChI is InChI=1S/C23H31N3O3S/c1-19-10-12-22(13-11-19)30(28,29)26-15-7-14-25(16-17-26)18-23(27)24(3)20(2)21-8-5-4-6-9-21/h4-6,8-13,20H,7,14-18H2,1-3H3/t20-/m1/s1. The van der Waals surface area contributed by atoms with Crippen LogP contribution >= 0.6 is 0 Å². The number of nitrogens with zero attached hydrogens (tertiary/aromatic N) is 3. The average molecular weight is 430 g/mol. The van der Waals surface area contributed by atoms with Crippen molar-refractivity contribution < 1.29 is 13.2 Å². The first-order chi connectivity index (χ1) is 14.3. The predicted octanol–water partition coefficient (Wildman–Crippen LogP) is 2.91. The number of hydrogen-bond acceptors (Lipinski definition) is 4. The highest BCUT2D eigenvalue weighted by atomic mass is 32.2. The summed E-state index contributed by atoms with van der Waals surface area (Å²) in [5.41, 5.74) is 2.13. The number of sulfonamides is 1. The number of carbonyl (C=O) groups excluding carboxylic acids is 1. The fourth-order valence-electron chi connectivity index (χ4n) is 3.68. The minimum absolute atomic E-state index is 0.0101. The molecule has 3 rings (SSSR count).